The van der Waals surface area contributed by atoms with E-state index >= 15 is 0 Å². The maximum atomic E-state index is 11.7. The van der Waals surface area contributed by atoms with Gasteiger partial charge in [0.15, 0.2) is 0 Å². The Balaban J connectivity index is 2.69. The summed E-state index contributed by atoms with van der Waals surface area (Å²) in [5.41, 5.74) is -0.150. The SMILES string of the molecule is CCC(C)(C)NC(=O)Cn1cccc1C(=O)O. The van der Waals surface area contributed by atoms with Crippen molar-refractivity contribution in [2.24, 2.45) is 0 Å². The lowest BCUT2D eigenvalue weighted by atomic mass is 10.0. The van der Waals surface area contributed by atoms with E-state index in [1.54, 1.807) is 12.3 Å². The highest BCUT2D eigenvalue weighted by molar-refractivity contribution is 5.87. The molecule has 0 atom stereocenters. The zero-order chi connectivity index (χ0) is 13.1. The molecule has 0 saturated heterocycles. The van der Waals surface area contributed by atoms with Crippen molar-refractivity contribution in [2.75, 3.05) is 0 Å². The van der Waals surface area contributed by atoms with E-state index in [2.05, 4.69) is 5.32 Å². The summed E-state index contributed by atoms with van der Waals surface area (Å²) in [7, 11) is 0. The van der Waals surface area contributed by atoms with Crippen LogP contribution in [-0.4, -0.2) is 27.1 Å². The van der Waals surface area contributed by atoms with E-state index in [9.17, 15) is 9.59 Å². The fourth-order valence-electron chi connectivity index (χ4n) is 1.41. The van der Waals surface area contributed by atoms with Gasteiger partial charge >= 0.3 is 5.97 Å². The highest BCUT2D eigenvalue weighted by Gasteiger charge is 2.19. The second-order valence-corrected chi connectivity index (χ2v) is 4.61. The van der Waals surface area contributed by atoms with E-state index in [-0.39, 0.29) is 23.7 Å². The van der Waals surface area contributed by atoms with Crippen LogP contribution in [0.4, 0.5) is 0 Å². The average Bonchev–Trinajstić information content (AvgIpc) is 2.65. The van der Waals surface area contributed by atoms with Crippen molar-refractivity contribution in [1.82, 2.24) is 9.88 Å². The molecule has 1 amide bonds. The first-order valence-electron chi connectivity index (χ1n) is 5.55. The predicted molar refractivity (Wildman–Crippen MR) is 63.9 cm³/mol. The summed E-state index contributed by atoms with van der Waals surface area (Å²) in [4.78, 5) is 22.6. The maximum absolute atomic E-state index is 11.7. The number of rotatable bonds is 5. The van der Waals surface area contributed by atoms with E-state index < -0.39 is 5.97 Å². The molecule has 17 heavy (non-hydrogen) atoms. The minimum Gasteiger partial charge on any atom is -0.477 e. The third-order valence-corrected chi connectivity index (χ3v) is 2.72. The Morgan fingerprint density at radius 3 is 2.65 bits per heavy atom. The second-order valence-electron chi connectivity index (χ2n) is 4.61. The zero-order valence-electron chi connectivity index (χ0n) is 10.4. The molecule has 0 bridgehead atoms. The van der Waals surface area contributed by atoms with Gasteiger partial charge in [-0.2, -0.15) is 0 Å². The summed E-state index contributed by atoms with van der Waals surface area (Å²) in [6.45, 7) is 5.87. The summed E-state index contributed by atoms with van der Waals surface area (Å²) in [6.07, 6.45) is 2.40. The zero-order valence-corrected chi connectivity index (χ0v) is 10.4. The van der Waals surface area contributed by atoms with Crippen LogP contribution in [0.2, 0.25) is 0 Å². The van der Waals surface area contributed by atoms with Crippen molar-refractivity contribution in [3.05, 3.63) is 24.0 Å². The van der Waals surface area contributed by atoms with Crippen LogP contribution in [0.15, 0.2) is 18.3 Å². The Bertz CT molecular complexity index is 421. The molecule has 1 heterocycles. The van der Waals surface area contributed by atoms with Gasteiger partial charge in [0.25, 0.3) is 0 Å². The average molecular weight is 238 g/mol. The van der Waals surface area contributed by atoms with Crippen molar-refractivity contribution >= 4 is 11.9 Å². The number of carboxylic acid groups (broad SMARTS) is 1. The van der Waals surface area contributed by atoms with Crippen molar-refractivity contribution < 1.29 is 14.7 Å². The maximum Gasteiger partial charge on any atom is 0.352 e. The summed E-state index contributed by atoms with van der Waals surface area (Å²) in [6, 6.07) is 3.09. The lowest BCUT2D eigenvalue weighted by molar-refractivity contribution is -0.123. The fourth-order valence-corrected chi connectivity index (χ4v) is 1.41. The van der Waals surface area contributed by atoms with Crippen LogP contribution < -0.4 is 5.32 Å². The molecule has 0 spiro atoms. The Hall–Kier alpha value is -1.78. The molecule has 1 rings (SSSR count). The van der Waals surface area contributed by atoms with Gasteiger partial charge in [-0.05, 0) is 32.4 Å². The van der Waals surface area contributed by atoms with Gasteiger partial charge in [-0.15, -0.1) is 0 Å². The smallest absolute Gasteiger partial charge is 0.352 e. The van der Waals surface area contributed by atoms with E-state index in [1.807, 2.05) is 20.8 Å². The third kappa shape index (κ3) is 3.62. The lowest BCUT2D eigenvalue weighted by Gasteiger charge is -2.24. The standard InChI is InChI=1S/C12H18N2O3/c1-4-12(2,3)13-10(15)8-14-7-5-6-9(14)11(16)17/h5-7H,4,8H2,1-3H3,(H,13,15)(H,16,17). The first-order valence-corrected chi connectivity index (χ1v) is 5.55. The number of aromatic nitrogens is 1. The molecule has 0 aliphatic heterocycles. The molecule has 94 valence electrons. The highest BCUT2D eigenvalue weighted by Crippen LogP contribution is 2.07. The number of nitrogens with zero attached hydrogens (tertiary/aromatic N) is 1. The molecule has 1 aromatic rings. The molecule has 0 unspecified atom stereocenters. The van der Waals surface area contributed by atoms with Gasteiger partial charge in [-0.3, -0.25) is 4.79 Å². The molecule has 5 heteroatoms. The monoisotopic (exact) mass is 238 g/mol. The van der Waals surface area contributed by atoms with Crippen LogP contribution in [0.3, 0.4) is 0 Å². The minimum absolute atomic E-state index is 0.0259. The van der Waals surface area contributed by atoms with Crippen molar-refractivity contribution in [1.29, 1.82) is 0 Å². The Morgan fingerprint density at radius 2 is 2.12 bits per heavy atom. The van der Waals surface area contributed by atoms with E-state index in [0.29, 0.717) is 0 Å². The Kier molecular flexibility index (Phi) is 3.93. The fraction of sp³-hybridized carbons (Fsp3) is 0.500. The normalized spacial score (nSPS) is 11.2. The molecule has 0 radical (unpaired) electrons. The highest BCUT2D eigenvalue weighted by atomic mass is 16.4. The molecular formula is C12H18N2O3. The topological polar surface area (TPSA) is 71.3 Å². The van der Waals surface area contributed by atoms with Crippen LogP contribution in [0.25, 0.3) is 0 Å². The molecule has 0 aromatic carbocycles. The molecular weight excluding hydrogens is 220 g/mol. The molecule has 5 nitrogen and oxygen atoms in total. The molecule has 0 fully saturated rings. The van der Waals surface area contributed by atoms with Gasteiger partial charge in [0.1, 0.15) is 12.2 Å². The molecule has 2 N–H and O–H groups in total. The van der Waals surface area contributed by atoms with Gasteiger partial charge in [-0.25, -0.2) is 4.79 Å². The van der Waals surface area contributed by atoms with Crippen molar-refractivity contribution in [3.63, 3.8) is 0 Å². The van der Waals surface area contributed by atoms with Crippen molar-refractivity contribution in [3.8, 4) is 0 Å². The van der Waals surface area contributed by atoms with Gasteiger partial charge in [0.2, 0.25) is 5.91 Å². The van der Waals surface area contributed by atoms with Crippen LogP contribution in [0, 0.1) is 0 Å². The number of hydrogen-bond donors (Lipinski definition) is 2. The summed E-state index contributed by atoms with van der Waals surface area (Å²) < 4.78 is 1.42. The molecule has 0 saturated carbocycles. The number of nitrogens with one attached hydrogen (secondary N) is 1. The van der Waals surface area contributed by atoms with Gasteiger partial charge < -0.3 is 15.0 Å². The lowest BCUT2D eigenvalue weighted by Crippen LogP contribution is -2.44. The largest absolute Gasteiger partial charge is 0.477 e. The van der Waals surface area contributed by atoms with Gasteiger partial charge in [0.05, 0.1) is 0 Å². The number of amides is 1. The number of hydrogen-bond acceptors (Lipinski definition) is 2. The van der Waals surface area contributed by atoms with Gasteiger partial charge in [-0.1, -0.05) is 6.92 Å². The number of carboxylic acids is 1. The summed E-state index contributed by atoms with van der Waals surface area (Å²) in [5, 5.41) is 11.8. The van der Waals surface area contributed by atoms with Crippen LogP contribution in [-0.2, 0) is 11.3 Å². The Labute approximate surface area is 100 Å². The second kappa shape index (κ2) is 5.03. The van der Waals surface area contributed by atoms with Gasteiger partial charge in [0, 0.05) is 11.7 Å². The number of aromatic carboxylic acids is 1. The number of carbonyl (C=O) groups excluding carboxylic acids is 1. The summed E-state index contributed by atoms with van der Waals surface area (Å²) >= 11 is 0. The molecule has 0 aliphatic rings. The van der Waals surface area contributed by atoms with Crippen LogP contribution in [0.1, 0.15) is 37.7 Å². The number of carbonyl (C=O) groups is 2. The predicted octanol–water partition coefficient (Wildman–Crippen LogP) is 1.49. The molecule has 1 aromatic heterocycles. The summed E-state index contributed by atoms with van der Waals surface area (Å²) in [5.74, 6) is -1.21. The third-order valence-electron chi connectivity index (χ3n) is 2.72. The Morgan fingerprint density at radius 1 is 1.47 bits per heavy atom. The van der Waals surface area contributed by atoms with E-state index in [1.165, 1.54) is 10.6 Å². The van der Waals surface area contributed by atoms with E-state index in [4.69, 9.17) is 5.11 Å². The quantitative estimate of drug-likeness (QED) is 0.816. The minimum atomic E-state index is -1.03. The first kappa shape index (κ1) is 13.3. The van der Waals surface area contributed by atoms with Crippen LogP contribution in [0.5, 0.6) is 0 Å². The van der Waals surface area contributed by atoms with Crippen molar-refractivity contribution in [2.45, 2.75) is 39.3 Å². The first-order chi connectivity index (χ1) is 7.85. The molecule has 0 aliphatic carbocycles. The van der Waals surface area contributed by atoms with E-state index in [0.717, 1.165) is 6.42 Å². The van der Waals surface area contributed by atoms with Crippen LogP contribution >= 0.6 is 0 Å².